The molecule has 1 aromatic heterocycles. The lowest BCUT2D eigenvalue weighted by atomic mass is 9.90. The van der Waals surface area contributed by atoms with Crippen LogP contribution in [0.3, 0.4) is 0 Å². The number of para-hydroxylation sites is 1. The monoisotopic (exact) mass is 298 g/mol. The maximum atomic E-state index is 12.8. The van der Waals surface area contributed by atoms with E-state index in [-0.39, 0.29) is 12.5 Å². The second-order valence-electron chi connectivity index (χ2n) is 6.17. The first-order valence-electron chi connectivity index (χ1n) is 7.30. The van der Waals surface area contributed by atoms with Crippen LogP contribution in [-0.2, 0) is 4.79 Å². The van der Waals surface area contributed by atoms with Crippen LogP contribution in [0.2, 0.25) is 0 Å². The third kappa shape index (κ3) is 2.32. The second-order valence-corrected chi connectivity index (χ2v) is 6.17. The number of benzene rings is 1. The summed E-state index contributed by atoms with van der Waals surface area (Å²) in [6.07, 6.45) is 0.482. The minimum atomic E-state index is -0.854. The molecule has 2 aromatic rings. The second kappa shape index (κ2) is 5.09. The van der Waals surface area contributed by atoms with Crippen molar-refractivity contribution in [3.8, 4) is 0 Å². The normalized spacial score (nSPS) is 21.3. The Morgan fingerprint density at radius 2 is 2.05 bits per heavy atom. The van der Waals surface area contributed by atoms with Crippen molar-refractivity contribution in [3.63, 3.8) is 0 Å². The molecule has 114 valence electrons. The standard InChI is InChI=1S/C17H18N2O3/c1-11-9-13(12-5-3-4-6-14(12)18-11)15(20)19-8-7-17(2,10-19)16(21)22/h3-6,9H,7-8,10H2,1-2H3,(H,21,22)/t17-/m0/s1. The van der Waals surface area contributed by atoms with Crippen LogP contribution in [0, 0.1) is 12.3 Å². The zero-order valence-electron chi connectivity index (χ0n) is 12.7. The first-order chi connectivity index (χ1) is 10.4. The van der Waals surface area contributed by atoms with Crippen molar-refractivity contribution >= 4 is 22.8 Å². The fourth-order valence-corrected chi connectivity index (χ4v) is 2.96. The van der Waals surface area contributed by atoms with Gasteiger partial charge in [-0.15, -0.1) is 0 Å². The lowest BCUT2D eigenvalue weighted by Gasteiger charge is -2.21. The van der Waals surface area contributed by atoms with Crippen LogP contribution in [0.5, 0.6) is 0 Å². The number of likely N-dealkylation sites (tertiary alicyclic amines) is 1. The van der Waals surface area contributed by atoms with E-state index in [1.165, 1.54) is 0 Å². The first-order valence-corrected chi connectivity index (χ1v) is 7.30. The van der Waals surface area contributed by atoms with Gasteiger partial charge in [0.25, 0.3) is 5.91 Å². The molecule has 1 atom stereocenters. The number of aryl methyl sites for hydroxylation is 1. The van der Waals surface area contributed by atoms with Gasteiger partial charge in [-0.3, -0.25) is 14.6 Å². The van der Waals surface area contributed by atoms with Gasteiger partial charge in [0, 0.05) is 24.2 Å². The first kappa shape index (κ1) is 14.5. The fourth-order valence-electron chi connectivity index (χ4n) is 2.96. The predicted molar refractivity (Wildman–Crippen MR) is 82.7 cm³/mol. The van der Waals surface area contributed by atoms with Gasteiger partial charge in [-0.1, -0.05) is 18.2 Å². The summed E-state index contributed by atoms with van der Waals surface area (Å²) in [5, 5.41) is 10.1. The molecule has 1 amide bonds. The molecule has 0 saturated carbocycles. The van der Waals surface area contributed by atoms with Gasteiger partial charge in [-0.2, -0.15) is 0 Å². The number of hydrogen-bond donors (Lipinski definition) is 1. The van der Waals surface area contributed by atoms with Gasteiger partial charge in [0.1, 0.15) is 0 Å². The number of carboxylic acids is 1. The molecule has 1 fully saturated rings. The Morgan fingerprint density at radius 1 is 1.32 bits per heavy atom. The van der Waals surface area contributed by atoms with Gasteiger partial charge in [0.15, 0.2) is 0 Å². The van der Waals surface area contributed by atoms with E-state index in [1.807, 2.05) is 31.2 Å². The van der Waals surface area contributed by atoms with Crippen molar-refractivity contribution in [2.24, 2.45) is 5.41 Å². The van der Waals surface area contributed by atoms with Crippen LogP contribution in [0.25, 0.3) is 10.9 Å². The maximum Gasteiger partial charge on any atom is 0.311 e. The van der Waals surface area contributed by atoms with E-state index in [1.54, 1.807) is 17.9 Å². The summed E-state index contributed by atoms with van der Waals surface area (Å²) < 4.78 is 0. The molecule has 0 unspecified atom stereocenters. The van der Waals surface area contributed by atoms with E-state index < -0.39 is 11.4 Å². The van der Waals surface area contributed by atoms with E-state index in [2.05, 4.69) is 4.98 Å². The highest BCUT2D eigenvalue weighted by Crippen LogP contribution is 2.32. The molecule has 0 radical (unpaired) electrons. The highest BCUT2D eigenvalue weighted by atomic mass is 16.4. The molecular formula is C17H18N2O3. The van der Waals surface area contributed by atoms with Crippen LogP contribution in [-0.4, -0.2) is 40.0 Å². The molecule has 1 N–H and O–H groups in total. The topological polar surface area (TPSA) is 70.5 Å². The van der Waals surface area contributed by atoms with Crippen LogP contribution in [0.4, 0.5) is 0 Å². The number of aromatic nitrogens is 1. The summed E-state index contributed by atoms with van der Waals surface area (Å²) in [5.41, 5.74) is 1.30. The number of aliphatic carboxylic acids is 1. The summed E-state index contributed by atoms with van der Waals surface area (Å²) in [4.78, 5) is 30.2. The van der Waals surface area contributed by atoms with Crippen LogP contribution >= 0.6 is 0 Å². The number of hydrogen-bond acceptors (Lipinski definition) is 3. The summed E-state index contributed by atoms with van der Waals surface area (Å²) in [5.74, 6) is -0.967. The van der Waals surface area contributed by atoms with Gasteiger partial charge in [0.05, 0.1) is 16.5 Å². The predicted octanol–water partition coefficient (Wildman–Crippen LogP) is 2.48. The number of amides is 1. The SMILES string of the molecule is Cc1cc(C(=O)N2CC[C@](C)(C(=O)O)C2)c2ccccc2n1. The Morgan fingerprint density at radius 3 is 2.73 bits per heavy atom. The molecule has 22 heavy (non-hydrogen) atoms. The smallest absolute Gasteiger partial charge is 0.311 e. The van der Waals surface area contributed by atoms with Crippen molar-refractivity contribution in [1.82, 2.24) is 9.88 Å². The molecule has 5 heteroatoms. The number of pyridine rings is 1. The zero-order valence-corrected chi connectivity index (χ0v) is 12.7. The van der Waals surface area contributed by atoms with Gasteiger partial charge < -0.3 is 10.0 Å². The van der Waals surface area contributed by atoms with Crippen molar-refractivity contribution in [2.75, 3.05) is 13.1 Å². The van der Waals surface area contributed by atoms with E-state index >= 15 is 0 Å². The number of rotatable bonds is 2. The zero-order chi connectivity index (χ0) is 15.9. The number of carbonyl (C=O) groups excluding carboxylic acids is 1. The van der Waals surface area contributed by atoms with Gasteiger partial charge in [-0.25, -0.2) is 0 Å². The largest absolute Gasteiger partial charge is 0.481 e. The molecule has 5 nitrogen and oxygen atoms in total. The average Bonchev–Trinajstić information content (AvgIpc) is 2.89. The van der Waals surface area contributed by atoms with E-state index in [9.17, 15) is 14.7 Å². The van der Waals surface area contributed by atoms with E-state index in [4.69, 9.17) is 0 Å². The Hall–Kier alpha value is -2.43. The molecule has 0 bridgehead atoms. The molecule has 1 aliphatic rings. The van der Waals surface area contributed by atoms with Gasteiger partial charge in [-0.05, 0) is 32.4 Å². The van der Waals surface area contributed by atoms with Crippen LogP contribution in [0.15, 0.2) is 30.3 Å². The van der Waals surface area contributed by atoms with Crippen LogP contribution in [0.1, 0.15) is 29.4 Å². The highest BCUT2D eigenvalue weighted by Gasteiger charge is 2.42. The molecular weight excluding hydrogens is 280 g/mol. The summed E-state index contributed by atoms with van der Waals surface area (Å²) >= 11 is 0. The maximum absolute atomic E-state index is 12.8. The Balaban J connectivity index is 1.99. The molecule has 0 spiro atoms. The number of nitrogens with zero attached hydrogens (tertiary/aromatic N) is 2. The van der Waals surface area contributed by atoms with Crippen molar-refractivity contribution in [1.29, 1.82) is 0 Å². The number of carbonyl (C=O) groups is 2. The quantitative estimate of drug-likeness (QED) is 0.924. The molecule has 2 heterocycles. The summed E-state index contributed by atoms with van der Waals surface area (Å²) in [7, 11) is 0. The van der Waals surface area contributed by atoms with Gasteiger partial charge >= 0.3 is 5.97 Å². The molecule has 1 aliphatic heterocycles. The van der Waals surface area contributed by atoms with E-state index in [0.29, 0.717) is 18.5 Å². The van der Waals surface area contributed by atoms with Crippen molar-refractivity contribution in [2.45, 2.75) is 20.3 Å². The minimum Gasteiger partial charge on any atom is -0.481 e. The van der Waals surface area contributed by atoms with Gasteiger partial charge in [0.2, 0.25) is 0 Å². The van der Waals surface area contributed by atoms with Crippen LogP contribution < -0.4 is 0 Å². The Kier molecular flexibility index (Phi) is 3.35. The lowest BCUT2D eigenvalue weighted by Crippen LogP contribution is -2.35. The van der Waals surface area contributed by atoms with E-state index in [0.717, 1.165) is 16.6 Å². The summed E-state index contributed by atoms with van der Waals surface area (Å²) in [6.45, 7) is 4.27. The minimum absolute atomic E-state index is 0.119. The summed E-state index contributed by atoms with van der Waals surface area (Å²) in [6, 6.07) is 9.30. The van der Waals surface area contributed by atoms with Crippen molar-refractivity contribution in [3.05, 3.63) is 41.6 Å². The highest BCUT2D eigenvalue weighted by molar-refractivity contribution is 6.06. The Labute approximate surface area is 128 Å². The third-order valence-corrected chi connectivity index (χ3v) is 4.35. The number of carboxylic acid groups (broad SMARTS) is 1. The third-order valence-electron chi connectivity index (χ3n) is 4.35. The number of fused-ring (bicyclic) bond motifs is 1. The molecule has 0 aliphatic carbocycles. The molecule has 3 rings (SSSR count). The molecule has 1 aromatic carbocycles. The average molecular weight is 298 g/mol. The fraction of sp³-hybridized carbons (Fsp3) is 0.353. The lowest BCUT2D eigenvalue weighted by molar-refractivity contribution is -0.147. The van der Waals surface area contributed by atoms with Crippen molar-refractivity contribution < 1.29 is 14.7 Å². The Bertz CT molecular complexity index is 772. The molecule has 1 saturated heterocycles.